The van der Waals surface area contributed by atoms with E-state index in [-0.39, 0.29) is 39.4 Å². The van der Waals surface area contributed by atoms with Gasteiger partial charge in [0.25, 0.3) is 0 Å². The molecule has 10 N–H and O–H groups in total. The quantitative estimate of drug-likeness (QED) is 0.0918. The van der Waals surface area contributed by atoms with Gasteiger partial charge in [0.1, 0.15) is 61.0 Å². The predicted molar refractivity (Wildman–Crippen MR) is 225 cm³/mol. The summed E-state index contributed by atoms with van der Waals surface area (Å²) in [7, 11) is 0. The summed E-state index contributed by atoms with van der Waals surface area (Å²) in [5.74, 6) is -1.80. The maximum Gasteiger partial charge on any atom is 0.335 e. The molecule has 370 valence electrons. The second-order valence-electron chi connectivity index (χ2n) is 23.1. The fraction of sp³-hybridized carbons (Fsp3) is 0.915. The second-order valence-corrected chi connectivity index (χ2v) is 23.1. The highest BCUT2D eigenvalue weighted by atomic mass is 16.7. The Bertz CT molecular complexity index is 1820. The van der Waals surface area contributed by atoms with Crippen LogP contribution >= 0.6 is 0 Å². The summed E-state index contributed by atoms with van der Waals surface area (Å²) in [4.78, 5) is 27.0. The lowest BCUT2D eigenvalue weighted by Crippen LogP contribution is -2.67. The smallest absolute Gasteiger partial charge is 0.335 e. The van der Waals surface area contributed by atoms with Crippen molar-refractivity contribution in [1.29, 1.82) is 0 Å². The van der Waals surface area contributed by atoms with Gasteiger partial charge in [-0.05, 0) is 109 Å². The normalized spacial score (nSPS) is 52.7. The van der Waals surface area contributed by atoms with Crippen LogP contribution in [0.25, 0.3) is 0 Å². The molecule has 18 heteroatoms. The Morgan fingerprint density at radius 1 is 0.708 bits per heavy atom. The number of rotatable bonds is 8. The maximum atomic E-state index is 14.7. The van der Waals surface area contributed by atoms with Crippen LogP contribution in [-0.2, 0) is 38.0 Å². The van der Waals surface area contributed by atoms with Crippen molar-refractivity contribution in [2.24, 2.45) is 50.2 Å². The molecular weight excluding hydrogens is 852 g/mol. The van der Waals surface area contributed by atoms with E-state index in [0.717, 1.165) is 44.9 Å². The van der Waals surface area contributed by atoms with Crippen LogP contribution in [0.3, 0.4) is 0 Å². The number of carboxylic acid groups (broad SMARTS) is 1. The molecule has 7 fully saturated rings. The van der Waals surface area contributed by atoms with Crippen LogP contribution in [0.15, 0.2) is 11.6 Å². The average molecular weight is 927 g/mol. The monoisotopic (exact) mass is 926 g/mol. The number of esters is 1. The highest BCUT2D eigenvalue weighted by Gasteiger charge is 2.70. The highest BCUT2D eigenvalue weighted by Crippen LogP contribution is 2.76. The zero-order chi connectivity index (χ0) is 47.6. The van der Waals surface area contributed by atoms with Crippen molar-refractivity contribution < 1.29 is 89.1 Å². The number of carbonyl (C=O) groups is 2. The Hall–Kier alpha value is -1.88. The van der Waals surface area contributed by atoms with Gasteiger partial charge in [0.05, 0.1) is 24.7 Å². The summed E-state index contributed by atoms with van der Waals surface area (Å²) in [5, 5.41) is 105. The summed E-state index contributed by atoms with van der Waals surface area (Å²) >= 11 is 0. The molecule has 0 aromatic heterocycles. The van der Waals surface area contributed by atoms with E-state index in [0.29, 0.717) is 19.3 Å². The minimum Gasteiger partial charge on any atom is -0.479 e. The first-order valence-corrected chi connectivity index (χ1v) is 23.7. The third-order valence-electron chi connectivity index (χ3n) is 18.9. The van der Waals surface area contributed by atoms with Gasteiger partial charge in [-0.25, -0.2) is 4.79 Å². The van der Waals surface area contributed by atoms with Gasteiger partial charge in [-0.3, -0.25) is 4.79 Å². The minimum atomic E-state index is -1.90. The van der Waals surface area contributed by atoms with E-state index in [4.69, 9.17) is 28.4 Å². The molecule has 0 spiro atoms. The fourth-order valence-electron chi connectivity index (χ4n) is 14.7. The second kappa shape index (κ2) is 17.2. The first kappa shape index (κ1) is 49.5. The predicted octanol–water partition coefficient (Wildman–Crippen LogP) is 0.872. The largest absolute Gasteiger partial charge is 0.479 e. The molecular formula is C47H74O18. The number of ether oxygens (including phenoxy) is 6. The molecule has 0 aromatic rings. The number of aliphatic hydroxyl groups is 9. The lowest BCUT2D eigenvalue weighted by molar-refractivity contribution is -0.357. The molecule has 0 radical (unpaired) electrons. The third kappa shape index (κ3) is 7.76. The Balaban J connectivity index is 1.03. The number of allylic oxidation sites excluding steroid dienone is 2. The third-order valence-corrected chi connectivity index (χ3v) is 18.9. The Kier molecular flexibility index (Phi) is 13.1. The summed E-state index contributed by atoms with van der Waals surface area (Å²) in [5.41, 5.74) is -0.846. The van der Waals surface area contributed by atoms with Crippen LogP contribution < -0.4 is 0 Å². The van der Waals surface area contributed by atoms with Gasteiger partial charge < -0.3 is 79.5 Å². The van der Waals surface area contributed by atoms with Gasteiger partial charge in [0.2, 0.25) is 6.29 Å². The van der Waals surface area contributed by atoms with Gasteiger partial charge in [-0.1, -0.05) is 60.1 Å². The van der Waals surface area contributed by atoms with E-state index in [9.17, 15) is 60.7 Å². The zero-order valence-corrected chi connectivity index (χ0v) is 38.7. The number of hydrogen-bond donors (Lipinski definition) is 10. The van der Waals surface area contributed by atoms with Gasteiger partial charge in [0.15, 0.2) is 18.7 Å². The minimum absolute atomic E-state index is 0.0677. The molecule has 22 atom stereocenters. The first-order valence-electron chi connectivity index (χ1n) is 23.7. The van der Waals surface area contributed by atoms with Crippen LogP contribution in [0, 0.1) is 50.2 Å². The Morgan fingerprint density at radius 3 is 2.06 bits per heavy atom. The van der Waals surface area contributed by atoms with Crippen molar-refractivity contribution in [3.8, 4) is 0 Å². The van der Waals surface area contributed by atoms with E-state index in [2.05, 4.69) is 54.5 Å². The standard InChI is InChI=1S/C47H74O18/c1-42(2)14-16-47(41(59)65-39-32(54)30(52)29(51)24(19-48)61-39)17-15-45(6)21(22(47)18-42)8-9-26-44(5)12-11-27(43(3,4)25(44)10-13-46(26,45)7)62-40-34(56)35(33(55)36(64-40)37(57)58)63-38-31(53)28(50)23(49)20-60-38/h8,22-36,38-40,48-56H,9-20H2,1-7H3,(H,57,58)/t22-,23-,24+,25-,26+,27-,28-,29+,30-,31+,32+,33-,34+,35-,36-,38-,39-,40+,44-,45+,46+,47-/m0/s1. The molecule has 3 heterocycles. The molecule has 0 amide bonds. The van der Waals surface area contributed by atoms with E-state index in [1.54, 1.807) is 0 Å². The van der Waals surface area contributed by atoms with E-state index in [1.165, 1.54) is 5.57 Å². The molecule has 3 saturated heterocycles. The summed E-state index contributed by atoms with van der Waals surface area (Å²) in [6, 6.07) is 0. The van der Waals surface area contributed by atoms with Crippen LogP contribution in [0.1, 0.15) is 113 Å². The molecule has 4 saturated carbocycles. The van der Waals surface area contributed by atoms with Crippen LogP contribution in [0.5, 0.6) is 0 Å². The SMILES string of the molecule is CC1(C)CC[C@]2(C(=O)O[C@@H]3O[C@H](CO)[C@@H](O)[C@H](O)[C@H]3O)CC[C@]3(C)C(=CC[C@@H]4[C@@]5(C)CC[C@H](O[C@@H]6O[C@H](C(=O)O)[C@@H](O)[C@H](O[C@@H]7OC[C@H](O)[C@H](O)[C@H]7O)[C@H]6O)C(C)(C)[C@@H]5CC[C@]43C)[C@@H]2C1. The van der Waals surface area contributed by atoms with E-state index >= 15 is 0 Å². The van der Waals surface area contributed by atoms with Crippen molar-refractivity contribution in [3.05, 3.63) is 11.6 Å². The molecule has 65 heavy (non-hydrogen) atoms. The highest BCUT2D eigenvalue weighted by molar-refractivity contribution is 5.79. The van der Waals surface area contributed by atoms with Crippen molar-refractivity contribution in [3.63, 3.8) is 0 Å². The molecule has 8 rings (SSSR count). The topological polar surface area (TPSA) is 292 Å². The lowest BCUT2D eigenvalue weighted by Gasteiger charge is -2.71. The van der Waals surface area contributed by atoms with Crippen LogP contribution in [-0.4, -0.2) is 168 Å². The van der Waals surface area contributed by atoms with Crippen LogP contribution in [0.4, 0.5) is 0 Å². The van der Waals surface area contributed by atoms with Crippen molar-refractivity contribution >= 4 is 11.9 Å². The Labute approximate surface area is 380 Å². The summed E-state index contributed by atoms with van der Waals surface area (Å²) < 4.78 is 35.1. The van der Waals surface area contributed by atoms with E-state index < -0.39 is 128 Å². The first-order chi connectivity index (χ1) is 30.3. The summed E-state index contributed by atoms with van der Waals surface area (Å²) in [6.07, 6.45) is -13.7. The van der Waals surface area contributed by atoms with Gasteiger partial charge in [-0.2, -0.15) is 0 Å². The number of carboxylic acids is 1. The van der Waals surface area contributed by atoms with Crippen molar-refractivity contribution in [1.82, 2.24) is 0 Å². The molecule has 3 aliphatic heterocycles. The van der Waals surface area contributed by atoms with Gasteiger partial charge >= 0.3 is 11.9 Å². The zero-order valence-electron chi connectivity index (χ0n) is 38.7. The van der Waals surface area contributed by atoms with Gasteiger partial charge in [0, 0.05) is 0 Å². The molecule has 0 aromatic carbocycles. The molecule has 5 aliphatic carbocycles. The fourth-order valence-corrected chi connectivity index (χ4v) is 14.7. The number of carbonyl (C=O) groups excluding carboxylic acids is 1. The molecule has 8 aliphatic rings. The van der Waals surface area contributed by atoms with E-state index in [1.807, 2.05) is 0 Å². The molecule has 0 bridgehead atoms. The Morgan fingerprint density at radius 2 is 1.38 bits per heavy atom. The maximum absolute atomic E-state index is 14.7. The summed E-state index contributed by atoms with van der Waals surface area (Å²) in [6.45, 7) is 14.9. The number of fused-ring (bicyclic) bond motifs is 7. The van der Waals surface area contributed by atoms with Crippen molar-refractivity contribution in [2.75, 3.05) is 13.2 Å². The van der Waals surface area contributed by atoms with Gasteiger partial charge in [-0.15, -0.1) is 0 Å². The van der Waals surface area contributed by atoms with Crippen molar-refractivity contribution in [2.45, 2.75) is 205 Å². The lowest BCUT2D eigenvalue weighted by atomic mass is 9.33. The molecule has 18 nitrogen and oxygen atoms in total. The van der Waals surface area contributed by atoms with Crippen LogP contribution in [0.2, 0.25) is 0 Å². The number of hydrogen-bond acceptors (Lipinski definition) is 17. The number of aliphatic hydroxyl groups excluding tert-OH is 9. The number of aliphatic carboxylic acids is 1. The molecule has 0 unspecified atom stereocenters. The average Bonchev–Trinajstić information content (AvgIpc) is 3.24.